The van der Waals surface area contributed by atoms with Gasteiger partial charge in [0.05, 0.1) is 0 Å². The number of nitrogens with one attached hydrogen (secondary N) is 2. The van der Waals surface area contributed by atoms with Gasteiger partial charge in [-0.05, 0) is 52.0 Å². The molecule has 3 N–H and O–H groups in total. The van der Waals surface area contributed by atoms with Crippen LogP contribution in [-0.4, -0.2) is 28.9 Å². The Labute approximate surface area is 170 Å². The molecule has 2 rings (SSSR count). The molecule has 1 aromatic heterocycles. The number of hydrogen-bond acceptors (Lipinski definition) is 4. The summed E-state index contributed by atoms with van der Waals surface area (Å²) in [6.07, 6.45) is 1.73. The molecule has 0 fully saturated rings. The molecule has 7 nitrogen and oxygen atoms in total. The van der Waals surface area contributed by atoms with Crippen LogP contribution in [0.4, 0.5) is 0 Å². The Balaban J connectivity index is 2.27. The summed E-state index contributed by atoms with van der Waals surface area (Å²) in [6, 6.07) is 10.8. The van der Waals surface area contributed by atoms with Crippen molar-refractivity contribution in [3.63, 3.8) is 0 Å². The van der Waals surface area contributed by atoms with Crippen molar-refractivity contribution >= 4 is 39.8 Å². The topological polar surface area (TPSA) is 109 Å². The highest BCUT2D eigenvalue weighted by Gasteiger charge is 2.24. The van der Waals surface area contributed by atoms with E-state index in [-0.39, 0.29) is 23.8 Å². The Kier molecular flexibility index (Phi) is 7.57. The Hall–Kier alpha value is -2.87. The van der Waals surface area contributed by atoms with Gasteiger partial charge in [0.25, 0.3) is 11.8 Å². The van der Waals surface area contributed by atoms with Crippen molar-refractivity contribution in [3.8, 4) is 0 Å². The Morgan fingerprint density at radius 2 is 1.82 bits per heavy atom. The Morgan fingerprint density at radius 1 is 1.14 bits per heavy atom. The van der Waals surface area contributed by atoms with Gasteiger partial charge < -0.3 is 20.2 Å². The molecular weight excluding hydrogens is 428 g/mol. The fourth-order valence-electron chi connectivity index (χ4n) is 2.42. The quantitative estimate of drug-likeness (QED) is 0.536. The van der Waals surface area contributed by atoms with Gasteiger partial charge in [-0.2, -0.15) is 0 Å². The van der Waals surface area contributed by atoms with Crippen LogP contribution >= 0.6 is 15.9 Å². The van der Waals surface area contributed by atoms with Crippen molar-refractivity contribution in [2.75, 3.05) is 0 Å². The van der Waals surface area contributed by atoms with E-state index >= 15 is 0 Å². The summed E-state index contributed by atoms with van der Waals surface area (Å²) in [5.41, 5.74) is 0.586. The fourth-order valence-corrected chi connectivity index (χ4v) is 2.73. The maximum atomic E-state index is 12.7. The SMILES string of the molecule is CC(C)C[C@H](NC(=O)/C(=C/c1ccccc1)NC(=O)c1ccc(Br)o1)C(=O)O. The summed E-state index contributed by atoms with van der Waals surface area (Å²) < 4.78 is 5.57. The van der Waals surface area contributed by atoms with Crippen LogP contribution in [0, 0.1) is 5.92 Å². The van der Waals surface area contributed by atoms with Crippen molar-refractivity contribution in [1.29, 1.82) is 0 Å². The van der Waals surface area contributed by atoms with Crippen LogP contribution in [0.1, 0.15) is 36.4 Å². The standard InChI is InChI=1S/C20H21BrN2O5/c1-12(2)10-15(20(26)27)23-18(24)14(11-13-6-4-3-5-7-13)22-19(25)16-8-9-17(21)28-16/h3-9,11-12,15H,10H2,1-2H3,(H,22,25)(H,23,24)(H,26,27)/b14-11-/t15-/m0/s1. The van der Waals surface area contributed by atoms with Crippen LogP contribution in [0.2, 0.25) is 0 Å². The van der Waals surface area contributed by atoms with Gasteiger partial charge in [-0.3, -0.25) is 9.59 Å². The van der Waals surface area contributed by atoms with Crippen LogP contribution in [0.3, 0.4) is 0 Å². The third-order valence-electron chi connectivity index (χ3n) is 3.71. The highest BCUT2D eigenvalue weighted by molar-refractivity contribution is 9.10. The molecule has 148 valence electrons. The van der Waals surface area contributed by atoms with Crippen LogP contribution < -0.4 is 10.6 Å². The number of rotatable bonds is 8. The Bertz CT molecular complexity index is 874. The molecule has 0 saturated heterocycles. The number of benzene rings is 1. The molecule has 0 aliphatic carbocycles. The highest BCUT2D eigenvalue weighted by Crippen LogP contribution is 2.15. The Morgan fingerprint density at radius 3 is 2.36 bits per heavy atom. The van der Waals surface area contributed by atoms with Gasteiger partial charge in [0.2, 0.25) is 0 Å². The van der Waals surface area contributed by atoms with Crippen molar-refractivity contribution in [1.82, 2.24) is 10.6 Å². The number of halogens is 1. The zero-order valence-electron chi connectivity index (χ0n) is 15.4. The number of carbonyl (C=O) groups excluding carboxylic acids is 2. The molecule has 28 heavy (non-hydrogen) atoms. The van der Waals surface area contributed by atoms with Gasteiger partial charge in [-0.15, -0.1) is 0 Å². The molecule has 0 unspecified atom stereocenters. The van der Waals surface area contributed by atoms with E-state index in [2.05, 4.69) is 26.6 Å². The number of aliphatic carboxylic acids is 1. The lowest BCUT2D eigenvalue weighted by molar-refractivity contribution is -0.141. The lowest BCUT2D eigenvalue weighted by Crippen LogP contribution is -2.45. The van der Waals surface area contributed by atoms with Crippen molar-refractivity contribution in [3.05, 3.63) is 64.2 Å². The summed E-state index contributed by atoms with van der Waals surface area (Å²) in [5, 5.41) is 14.3. The summed E-state index contributed by atoms with van der Waals surface area (Å²) >= 11 is 3.12. The maximum absolute atomic E-state index is 12.7. The molecule has 0 bridgehead atoms. The molecular formula is C20H21BrN2O5. The molecule has 0 aliphatic heterocycles. The molecule has 1 atom stereocenters. The van der Waals surface area contributed by atoms with Gasteiger partial charge >= 0.3 is 5.97 Å². The molecule has 0 radical (unpaired) electrons. The number of hydrogen-bond donors (Lipinski definition) is 3. The van der Waals surface area contributed by atoms with E-state index in [1.807, 2.05) is 19.9 Å². The number of amides is 2. The van der Waals surface area contributed by atoms with E-state index in [0.717, 1.165) is 0 Å². The van der Waals surface area contributed by atoms with E-state index in [0.29, 0.717) is 10.2 Å². The maximum Gasteiger partial charge on any atom is 0.326 e. The normalized spacial score (nSPS) is 12.5. The smallest absolute Gasteiger partial charge is 0.326 e. The van der Waals surface area contributed by atoms with Crippen LogP contribution in [0.25, 0.3) is 6.08 Å². The lowest BCUT2D eigenvalue weighted by Gasteiger charge is -2.18. The second-order valence-corrected chi connectivity index (χ2v) is 7.30. The van der Waals surface area contributed by atoms with Gasteiger partial charge in [-0.25, -0.2) is 4.79 Å². The van der Waals surface area contributed by atoms with Gasteiger partial charge in [0, 0.05) is 0 Å². The molecule has 0 spiro atoms. The first-order chi connectivity index (χ1) is 13.3. The second kappa shape index (κ2) is 9.89. The summed E-state index contributed by atoms with van der Waals surface area (Å²) in [7, 11) is 0. The first-order valence-corrected chi connectivity index (χ1v) is 9.42. The third-order valence-corrected chi connectivity index (χ3v) is 4.14. The molecule has 1 aromatic carbocycles. The van der Waals surface area contributed by atoms with Crippen molar-refractivity contribution in [2.24, 2.45) is 5.92 Å². The van der Waals surface area contributed by atoms with E-state index < -0.39 is 23.8 Å². The minimum atomic E-state index is -1.14. The summed E-state index contributed by atoms with van der Waals surface area (Å²) in [5.74, 6) is -2.38. The second-order valence-electron chi connectivity index (χ2n) is 6.52. The fraction of sp³-hybridized carbons (Fsp3) is 0.250. The molecule has 0 saturated carbocycles. The average molecular weight is 449 g/mol. The molecule has 0 aliphatic rings. The van der Waals surface area contributed by atoms with Crippen molar-refractivity contribution in [2.45, 2.75) is 26.3 Å². The number of carboxylic acids is 1. The highest BCUT2D eigenvalue weighted by atomic mass is 79.9. The third kappa shape index (κ3) is 6.38. The molecule has 1 heterocycles. The zero-order valence-corrected chi connectivity index (χ0v) is 17.0. The summed E-state index contributed by atoms with van der Waals surface area (Å²) in [6.45, 7) is 3.72. The predicted molar refractivity (Wildman–Crippen MR) is 107 cm³/mol. The first kappa shape index (κ1) is 21.4. The first-order valence-electron chi connectivity index (χ1n) is 8.63. The molecule has 2 amide bonds. The zero-order chi connectivity index (χ0) is 20.7. The average Bonchev–Trinajstić information content (AvgIpc) is 3.07. The summed E-state index contributed by atoms with van der Waals surface area (Å²) in [4.78, 5) is 36.6. The lowest BCUT2D eigenvalue weighted by atomic mass is 10.0. The number of carboxylic acid groups (broad SMARTS) is 1. The van der Waals surface area contributed by atoms with Crippen molar-refractivity contribution < 1.29 is 23.9 Å². The van der Waals surface area contributed by atoms with Crippen LogP contribution in [0.5, 0.6) is 0 Å². The minimum Gasteiger partial charge on any atom is -0.480 e. The van der Waals surface area contributed by atoms with E-state index in [4.69, 9.17) is 4.42 Å². The largest absolute Gasteiger partial charge is 0.480 e. The van der Waals surface area contributed by atoms with Crippen LogP contribution in [0.15, 0.2) is 57.2 Å². The predicted octanol–water partition coefficient (Wildman–Crippen LogP) is 3.43. The van der Waals surface area contributed by atoms with Gasteiger partial charge in [0.15, 0.2) is 10.4 Å². The molecule has 8 heteroatoms. The molecule has 2 aromatic rings. The number of carbonyl (C=O) groups is 3. The monoisotopic (exact) mass is 448 g/mol. The minimum absolute atomic E-state index is 0.00982. The van der Waals surface area contributed by atoms with Gasteiger partial charge in [-0.1, -0.05) is 44.2 Å². The van der Waals surface area contributed by atoms with Gasteiger partial charge in [0.1, 0.15) is 11.7 Å². The van der Waals surface area contributed by atoms with E-state index in [1.165, 1.54) is 12.1 Å². The van der Waals surface area contributed by atoms with E-state index in [9.17, 15) is 19.5 Å². The van der Waals surface area contributed by atoms with E-state index in [1.54, 1.807) is 30.3 Å². The number of furan rings is 1. The van der Waals surface area contributed by atoms with Crippen LogP contribution in [-0.2, 0) is 9.59 Å².